The van der Waals surface area contributed by atoms with E-state index in [1.807, 2.05) is 33.8 Å². The van der Waals surface area contributed by atoms with Gasteiger partial charge in [-0.05, 0) is 40.0 Å². The number of nitrogens with one attached hydrogen (secondary N) is 1. The summed E-state index contributed by atoms with van der Waals surface area (Å²) >= 11 is 0. The molecule has 0 unspecified atom stereocenters. The molecule has 1 atom stereocenters. The summed E-state index contributed by atoms with van der Waals surface area (Å²) in [5, 5.41) is 12.2. The van der Waals surface area contributed by atoms with Crippen molar-refractivity contribution in [1.82, 2.24) is 5.32 Å². The molecule has 0 aliphatic heterocycles. The van der Waals surface area contributed by atoms with Crippen molar-refractivity contribution >= 4 is 6.09 Å². The van der Waals surface area contributed by atoms with Gasteiger partial charge in [0.1, 0.15) is 5.60 Å². The molecule has 2 N–H and O–H groups in total. The quantitative estimate of drug-likeness (QED) is 0.557. The topological polar surface area (TPSA) is 58.6 Å². The maximum atomic E-state index is 11.3. The second kappa shape index (κ2) is 8.12. The Morgan fingerprint density at radius 1 is 1.47 bits per heavy atom. The molecule has 4 nitrogen and oxygen atoms in total. The lowest BCUT2D eigenvalue weighted by molar-refractivity contribution is 0.0525. The molecule has 0 heterocycles. The highest BCUT2D eigenvalue weighted by atomic mass is 16.6. The van der Waals surface area contributed by atoms with Gasteiger partial charge < -0.3 is 15.2 Å². The second-order valence-electron chi connectivity index (χ2n) is 4.97. The molecule has 1 amide bonds. The maximum Gasteiger partial charge on any atom is 0.407 e. The van der Waals surface area contributed by atoms with E-state index in [-0.39, 0.29) is 0 Å². The second-order valence-corrected chi connectivity index (χ2v) is 4.97. The van der Waals surface area contributed by atoms with Crippen LogP contribution in [0.1, 0.15) is 47.0 Å². The zero-order valence-corrected chi connectivity index (χ0v) is 11.3. The van der Waals surface area contributed by atoms with Gasteiger partial charge in [-0.2, -0.15) is 0 Å². The Morgan fingerprint density at radius 3 is 2.65 bits per heavy atom. The van der Waals surface area contributed by atoms with E-state index in [4.69, 9.17) is 4.74 Å². The SMILES string of the molecule is CC/C=C/[C@H](O)CCCNC(=O)OC(C)(C)C. The molecule has 100 valence electrons. The van der Waals surface area contributed by atoms with E-state index in [1.165, 1.54) is 0 Å². The molecule has 0 fully saturated rings. The molecular formula is C13H25NO3. The summed E-state index contributed by atoms with van der Waals surface area (Å²) < 4.78 is 5.08. The molecule has 0 bridgehead atoms. The molecule has 0 aliphatic rings. The highest BCUT2D eigenvalue weighted by Gasteiger charge is 2.15. The fraction of sp³-hybridized carbons (Fsp3) is 0.769. The molecule has 0 saturated carbocycles. The van der Waals surface area contributed by atoms with Crippen LogP contribution in [0, 0.1) is 0 Å². The van der Waals surface area contributed by atoms with Crippen LogP contribution in [0.3, 0.4) is 0 Å². The van der Waals surface area contributed by atoms with E-state index in [0.717, 1.165) is 12.8 Å². The summed E-state index contributed by atoms with van der Waals surface area (Å²) in [5.41, 5.74) is -0.465. The zero-order valence-electron chi connectivity index (χ0n) is 11.3. The number of rotatable bonds is 6. The van der Waals surface area contributed by atoms with Crippen molar-refractivity contribution in [3.8, 4) is 0 Å². The van der Waals surface area contributed by atoms with Crippen LogP contribution in [-0.4, -0.2) is 29.4 Å². The standard InChI is InChI=1S/C13H25NO3/c1-5-6-8-11(15)9-7-10-14-12(16)17-13(2,3)4/h6,8,11,15H,5,7,9-10H2,1-4H3,(H,14,16)/b8-6+/t11-/m0/s1. The van der Waals surface area contributed by atoms with Gasteiger partial charge in [-0.25, -0.2) is 4.79 Å². The summed E-state index contributed by atoms with van der Waals surface area (Å²) in [6.45, 7) is 8.02. The third-order valence-electron chi connectivity index (χ3n) is 1.94. The number of aliphatic hydroxyl groups excluding tert-OH is 1. The first-order valence-electron chi connectivity index (χ1n) is 6.16. The first-order chi connectivity index (χ1) is 7.85. The first kappa shape index (κ1) is 16.0. The number of carbonyl (C=O) groups is 1. The van der Waals surface area contributed by atoms with Crippen molar-refractivity contribution in [1.29, 1.82) is 0 Å². The Kier molecular flexibility index (Phi) is 7.63. The van der Waals surface area contributed by atoms with E-state index in [9.17, 15) is 9.90 Å². The average molecular weight is 243 g/mol. The molecule has 4 heteroatoms. The van der Waals surface area contributed by atoms with Crippen molar-refractivity contribution in [3.63, 3.8) is 0 Å². The number of hydrogen-bond donors (Lipinski definition) is 2. The normalized spacial score (nSPS) is 13.7. The van der Waals surface area contributed by atoms with Crippen LogP contribution in [0.25, 0.3) is 0 Å². The predicted octanol–water partition coefficient (Wildman–Crippen LogP) is 2.62. The van der Waals surface area contributed by atoms with Gasteiger partial charge in [-0.3, -0.25) is 0 Å². The van der Waals surface area contributed by atoms with Gasteiger partial charge in [0.15, 0.2) is 0 Å². The Hall–Kier alpha value is -1.03. The molecular weight excluding hydrogens is 218 g/mol. The van der Waals surface area contributed by atoms with Gasteiger partial charge in [0, 0.05) is 6.54 Å². The summed E-state index contributed by atoms with van der Waals surface area (Å²) in [6, 6.07) is 0. The fourth-order valence-electron chi connectivity index (χ4n) is 1.21. The first-order valence-corrected chi connectivity index (χ1v) is 6.16. The van der Waals surface area contributed by atoms with E-state index >= 15 is 0 Å². The van der Waals surface area contributed by atoms with Crippen LogP contribution in [0.4, 0.5) is 4.79 Å². The summed E-state index contributed by atoms with van der Waals surface area (Å²) in [6.07, 6.45) is 5.19. The molecule has 0 aromatic rings. The molecule has 0 radical (unpaired) electrons. The highest BCUT2D eigenvalue weighted by molar-refractivity contribution is 5.67. The number of hydrogen-bond acceptors (Lipinski definition) is 3. The van der Waals surface area contributed by atoms with Crippen molar-refractivity contribution in [2.24, 2.45) is 0 Å². The minimum absolute atomic E-state index is 0.406. The minimum Gasteiger partial charge on any atom is -0.444 e. The van der Waals surface area contributed by atoms with Crippen LogP contribution >= 0.6 is 0 Å². The third kappa shape index (κ3) is 11.2. The van der Waals surface area contributed by atoms with E-state index in [0.29, 0.717) is 13.0 Å². The number of allylic oxidation sites excluding steroid dienone is 1. The number of carbonyl (C=O) groups excluding carboxylic acids is 1. The fourth-order valence-corrected chi connectivity index (χ4v) is 1.21. The molecule has 0 spiro atoms. The monoisotopic (exact) mass is 243 g/mol. The van der Waals surface area contributed by atoms with Gasteiger partial charge >= 0.3 is 6.09 Å². The van der Waals surface area contributed by atoms with Crippen LogP contribution in [0.15, 0.2) is 12.2 Å². The molecule has 0 aromatic carbocycles. The number of aliphatic hydroxyl groups is 1. The molecule has 0 aliphatic carbocycles. The molecule has 0 saturated heterocycles. The predicted molar refractivity (Wildman–Crippen MR) is 68.9 cm³/mol. The van der Waals surface area contributed by atoms with Gasteiger partial charge in [0.2, 0.25) is 0 Å². The van der Waals surface area contributed by atoms with Gasteiger partial charge in [0.05, 0.1) is 6.10 Å². The third-order valence-corrected chi connectivity index (χ3v) is 1.94. The van der Waals surface area contributed by atoms with Gasteiger partial charge in [-0.1, -0.05) is 19.1 Å². The van der Waals surface area contributed by atoms with Crippen LogP contribution < -0.4 is 5.32 Å². The largest absolute Gasteiger partial charge is 0.444 e. The lowest BCUT2D eigenvalue weighted by Crippen LogP contribution is -2.33. The van der Waals surface area contributed by atoms with Crippen molar-refractivity contribution in [3.05, 3.63) is 12.2 Å². The molecule has 0 aromatic heterocycles. The van der Waals surface area contributed by atoms with Gasteiger partial charge in [0.25, 0.3) is 0 Å². The number of ether oxygens (including phenoxy) is 1. The number of alkyl carbamates (subject to hydrolysis) is 1. The maximum absolute atomic E-state index is 11.3. The summed E-state index contributed by atoms with van der Waals surface area (Å²) in [5.74, 6) is 0. The number of amides is 1. The van der Waals surface area contributed by atoms with Crippen molar-refractivity contribution in [2.45, 2.75) is 58.7 Å². The van der Waals surface area contributed by atoms with Crippen LogP contribution in [0.2, 0.25) is 0 Å². The van der Waals surface area contributed by atoms with Gasteiger partial charge in [-0.15, -0.1) is 0 Å². The summed E-state index contributed by atoms with van der Waals surface area (Å²) in [4.78, 5) is 11.3. The average Bonchev–Trinajstić information content (AvgIpc) is 2.19. The smallest absolute Gasteiger partial charge is 0.407 e. The molecule has 0 rings (SSSR count). The van der Waals surface area contributed by atoms with E-state index in [2.05, 4.69) is 5.32 Å². The zero-order chi connectivity index (χ0) is 13.3. The highest BCUT2D eigenvalue weighted by Crippen LogP contribution is 2.06. The lowest BCUT2D eigenvalue weighted by atomic mass is 10.2. The van der Waals surface area contributed by atoms with E-state index in [1.54, 1.807) is 6.08 Å². The Morgan fingerprint density at radius 2 is 2.12 bits per heavy atom. The minimum atomic E-state index is -0.465. The Balaban J connectivity index is 3.58. The summed E-state index contributed by atoms with van der Waals surface area (Å²) in [7, 11) is 0. The van der Waals surface area contributed by atoms with Crippen LogP contribution in [-0.2, 0) is 4.74 Å². The lowest BCUT2D eigenvalue weighted by Gasteiger charge is -2.19. The Labute approximate surface area is 104 Å². The Bertz CT molecular complexity index is 244. The molecule has 17 heavy (non-hydrogen) atoms. The van der Waals surface area contributed by atoms with Crippen molar-refractivity contribution < 1.29 is 14.6 Å². The van der Waals surface area contributed by atoms with Crippen molar-refractivity contribution in [2.75, 3.05) is 6.54 Å². The van der Waals surface area contributed by atoms with E-state index < -0.39 is 17.8 Å². The van der Waals surface area contributed by atoms with Crippen LogP contribution in [0.5, 0.6) is 0 Å².